The summed E-state index contributed by atoms with van der Waals surface area (Å²) in [7, 11) is 1.63. The molecule has 0 spiro atoms. The maximum absolute atomic E-state index is 11.5. The maximum Gasteiger partial charge on any atom is 0.326 e. The van der Waals surface area contributed by atoms with Crippen molar-refractivity contribution in [2.45, 2.75) is 39.7 Å². The third-order valence-electron chi connectivity index (χ3n) is 2.72. The van der Waals surface area contributed by atoms with Crippen LogP contribution in [0.15, 0.2) is 0 Å². The minimum Gasteiger partial charge on any atom is -0.480 e. The van der Waals surface area contributed by atoms with Gasteiger partial charge in [-0.15, -0.1) is 0 Å². The summed E-state index contributed by atoms with van der Waals surface area (Å²) in [5.41, 5.74) is -0.0850. The predicted molar refractivity (Wildman–Crippen MR) is 68.5 cm³/mol. The number of hydrogen-bond acceptors (Lipinski definition) is 3. The second-order valence-corrected chi connectivity index (χ2v) is 5.03. The molecule has 0 unspecified atom stereocenters. The van der Waals surface area contributed by atoms with E-state index in [0.717, 1.165) is 6.42 Å². The van der Waals surface area contributed by atoms with E-state index in [9.17, 15) is 9.59 Å². The summed E-state index contributed by atoms with van der Waals surface area (Å²) in [6.45, 7) is 6.84. The van der Waals surface area contributed by atoms with Crippen molar-refractivity contribution in [2.24, 2.45) is 5.41 Å². The van der Waals surface area contributed by atoms with Crippen LogP contribution < -0.4 is 10.6 Å². The van der Waals surface area contributed by atoms with Crippen LogP contribution in [-0.2, 0) is 9.53 Å². The van der Waals surface area contributed by atoms with Crippen LogP contribution in [0.1, 0.15) is 33.6 Å². The average Bonchev–Trinajstić information content (AvgIpc) is 2.30. The van der Waals surface area contributed by atoms with Crippen molar-refractivity contribution in [3.05, 3.63) is 0 Å². The highest BCUT2D eigenvalue weighted by atomic mass is 16.5. The minimum absolute atomic E-state index is 0.0850. The lowest BCUT2D eigenvalue weighted by Gasteiger charge is -2.25. The molecule has 106 valence electrons. The molecule has 0 rings (SSSR count). The van der Waals surface area contributed by atoms with Gasteiger partial charge in [0.05, 0.1) is 0 Å². The number of carboxylic acids is 1. The fraction of sp³-hybridized carbons (Fsp3) is 0.833. The molecule has 0 aromatic carbocycles. The quantitative estimate of drug-likeness (QED) is 0.612. The number of nitrogens with one attached hydrogen (secondary N) is 2. The Hall–Kier alpha value is -1.30. The molecular formula is C12H24N2O4. The topological polar surface area (TPSA) is 87.7 Å². The summed E-state index contributed by atoms with van der Waals surface area (Å²) in [4.78, 5) is 22.3. The van der Waals surface area contributed by atoms with Crippen LogP contribution in [0.4, 0.5) is 4.79 Å². The first-order valence-corrected chi connectivity index (χ1v) is 6.08. The monoisotopic (exact) mass is 260 g/mol. The second kappa shape index (κ2) is 7.92. The maximum atomic E-state index is 11.5. The van der Waals surface area contributed by atoms with E-state index >= 15 is 0 Å². The van der Waals surface area contributed by atoms with Crippen LogP contribution in [0, 0.1) is 5.41 Å². The lowest BCUT2D eigenvalue weighted by Crippen LogP contribution is -2.47. The summed E-state index contributed by atoms with van der Waals surface area (Å²) in [6.07, 6.45) is 1.18. The number of urea groups is 1. The van der Waals surface area contributed by atoms with Crippen molar-refractivity contribution in [3.63, 3.8) is 0 Å². The van der Waals surface area contributed by atoms with E-state index < -0.39 is 18.0 Å². The minimum atomic E-state index is -1.02. The van der Waals surface area contributed by atoms with Crippen LogP contribution in [0.2, 0.25) is 0 Å². The van der Waals surface area contributed by atoms with Gasteiger partial charge in [-0.3, -0.25) is 0 Å². The lowest BCUT2D eigenvalue weighted by molar-refractivity contribution is -0.139. The molecule has 0 aliphatic rings. The Bertz CT molecular complexity index is 279. The number of carbonyl (C=O) groups is 2. The van der Waals surface area contributed by atoms with Gasteiger partial charge < -0.3 is 20.5 Å². The van der Waals surface area contributed by atoms with E-state index in [1.165, 1.54) is 0 Å². The molecule has 6 heteroatoms. The number of aliphatic carboxylic acids is 1. The van der Waals surface area contributed by atoms with Gasteiger partial charge in [-0.1, -0.05) is 20.8 Å². The Labute approximate surface area is 108 Å². The fourth-order valence-electron chi connectivity index (χ4n) is 1.33. The van der Waals surface area contributed by atoms with Gasteiger partial charge in [-0.05, 0) is 18.3 Å². The molecule has 18 heavy (non-hydrogen) atoms. The Kier molecular flexibility index (Phi) is 7.35. The van der Waals surface area contributed by atoms with E-state index in [2.05, 4.69) is 10.6 Å². The van der Waals surface area contributed by atoms with E-state index in [-0.39, 0.29) is 5.41 Å². The Morgan fingerprint density at radius 1 is 1.39 bits per heavy atom. The van der Waals surface area contributed by atoms with Crippen molar-refractivity contribution in [1.82, 2.24) is 10.6 Å². The molecule has 6 nitrogen and oxygen atoms in total. The zero-order chi connectivity index (χ0) is 14.2. The molecule has 0 aromatic heterocycles. The van der Waals surface area contributed by atoms with Gasteiger partial charge in [0, 0.05) is 20.3 Å². The lowest BCUT2D eigenvalue weighted by atomic mass is 9.90. The van der Waals surface area contributed by atoms with E-state index in [4.69, 9.17) is 9.84 Å². The number of carbonyl (C=O) groups excluding carboxylic acids is 1. The summed E-state index contributed by atoms with van der Waals surface area (Å²) in [5.74, 6) is -1.02. The van der Waals surface area contributed by atoms with Crippen molar-refractivity contribution < 1.29 is 19.4 Å². The molecule has 2 amide bonds. The molecule has 1 atom stereocenters. The normalized spacial score (nSPS) is 12.9. The van der Waals surface area contributed by atoms with Gasteiger partial charge in [-0.2, -0.15) is 0 Å². The van der Waals surface area contributed by atoms with Gasteiger partial charge in [-0.25, -0.2) is 9.59 Å². The highest BCUT2D eigenvalue weighted by molar-refractivity contribution is 5.82. The summed E-state index contributed by atoms with van der Waals surface area (Å²) in [5, 5.41) is 13.9. The zero-order valence-electron chi connectivity index (χ0n) is 11.6. The Morgan fingerprint density at radius 2 is 2.00 bits per heavy atom. The van der Waals surface area contributed by atoms with Gasteiger partial charge in [0.25, 0.3) is 0 Å². The number of carboxylic acid groups (broad SMARTS) is 1. The molecule has 0 heterocycles. The number of amides is 2. The van der Waals surface area contributed by atoms with Crippen molar-refractivity contribution in [2.75, 3.05) is 20.3 Å². The third-order valence-corrected chi connectivity index (χ3v) is 2.72. The summed E-state index contributed by atoms with van der Waals surface area (Å²) < 4.78 is 4.99. The largest absolute Gasteiger partial charge is 0.480 e. The molecular weight excluding hydrogens is 236 g/mol. The molecule has 0 fully saturated rings. The number of hydrogen-bond donors (Lipinski definition) is 3. The predicted octanol–water partition coefficient (Wildman–Crippen LogP) is 1.21. The second-order valence-electron chi connectivity index (χ2n) is 5.03. The first-order valence-electron chi connectivity index (χ1n) is 6.08. The molecule has 0 aromatic rings. The van der Waals surface area contributed by atoms with Crippen molar-refractivity contribution >= 4 is 12.0 Å². The Balaban J connectivity index is 4.05. The summed E-state index contributed by atoms with van der Waals surface area (Å²) >= 11 is 0. The van der Waals surface area contributed by atoms with Crippen LogP contribution >= 0.6 is 0 Å². The number of rotatable bonds is 8. The van der Waals surface area contributed by atoms with Gasteiger partial charge in [0.15, 0.2) is 0 Å². The zero-order valence-corrected chi connectivity index (χ0v) is 11.6. The van der Waals surface area contributed by atoms with E-state index in [0.29, 0.717) is 19.6 Å². The average molecular weight is 260 g/mol. The van der Waals surface area contributed by atoms with Gasteiger partial charge in [0.1, 0.15) is 6.04 Å². The van der Waals surface area contributed by atoms with E-state index in [1.807, 2.05) is 13.8 Å². The number of methoxy groups -OCH3 is 1. The van der Waals surface area contributed by atoms with Gasteiger partial charge >= 0.3 is 12.0 Å². The molecule has 3 N–H and O–H groups in total. The SMILES string of the molecule is CC[C@H](NC(=O)NCC(C)(C)CCOC)C(=O)O. The third kappa shape index (κ3) is 7.11. The summed E-state index contributed by atoms with van der Waals surface area (Å²) in [6, 6.07) is -1.29. The highest BCUT2D eigenvalue weighted by Gasteiger charge is 2.21. The molecule has 0 aliphatic heterocycles. The van der Waals surface area contributed by atoms with Crippen LogP contribution in [-0.4, -0.2) is 43.4 Å². The van der Waals surface area contributed by atoms with Crippen molar-refractivity contribution in [3.8, 4) is 0 Å². The van der Waals surface area contributed by atoms with Crippen LogP contribution in [0.5, 0.6) is 0 Å². The molecule has 0 saturated heterocycles. The van der Waals surface area contributed by atoms with Crippen LogP contribution in [0.25, 0.3) is 0 Å². The fourth-order valence-corrected chi connectivity index (χ4v) is 1.33. The van der Waals surface area contributed by atoms with Crippen LogP contribution in [0.3, 0.4) is 0 Å². The standard InChI is InChI=1S/C12H24N2O4/c1-5-9(10(15)16)14-11(17)13-8-12(2,3)6-7-18-4/h9H,5-8H2,1-4H3,(H,15,16)(H2,13,14,17)/t9-/m0/s1. The number of ether oxygens (including phenoxy) is 1. The molecule has 0 radical (unpaired) electrons. The Morgan fingerprint density at radius 3 is 2.44 bits per heavy atom. The molecule has 0 aliphatic carbocycles. The van der Waals surface area contributed by atoms with Gasteiger partial charge in [0.2, 0.25) is 0 Å². The smallest absolute Gasteiger partial charge is 0.326 e. The highest BCUT2D eigenvalue weighted by Crippen LogP contribution is 2.18. The molecule has 0 saturated carbocycles. The first kappa shape index (κ1) is 16.7. The van der Waals surface area contributed by atoms with Crippen molar-refractivity contribution in [1.29, 1.82) is 0 Å². The molecule has 0 bridgehead atoms. The first-order chi connectivity index (χ1) is 8.32. The van der Waals surface area contributed by atoms with E-state index in [1.54, 1.807) is 14.0 Å².